The van der Waals surface area contributed by atoms with Crippen LogP contribution in [0.5, 0.6) is 5.75 Å². The third kappa shape index (κ3) is 7.56. The van der Waals surface area contributed by atoms with Gasteiger partial charge in [-0.1, -0.05) is 30.1 Å². The number of nitrogens with one attached hydrogen (secondary N) is 1. The molecule has 0 heterocycles. The maximum atomic E-state index is 12.2. The maximum Gasteiger partial charge on any atom is 0.260 e. The van der Waals surface area contributed by atoms with Gasteiger partial charge in [0.15, 0.2) is 0 Å². The van der Waals surface area contributed by atoms with Crippen molar-refractivity contribution in [2.24, 2.45) is 5.10 Å². The molecule has 0 atom stereocenters. The Labute approximate surface area is 180 Å². The van der Waals surface area contributed by atoms with Gasteiger partial charge in [0.05, 0.1) is 24.8 Å². The highest BCUT2D eigenvalue weighted by Crippen LogP contribution is 2.26. The molecular weight excluding hydrogens is 437 g/mol. The van der Waals surface area contributed by atoms with Gasteiger partial charge in [0.25, 0.3) is 5.91 Å². The fourth-order valence-corrected chi connectivity index (χ4v) is 3.65. The quantitative estimate of drug-likeness (QED) is 0.459. The Morgan fingerprint density at radius 1 is 1.17 bits per heavy atom. The van der Waals surface area contributed by atoms with Crippen molar-refractivity contribution in [3.63, 3.8) is 0 Å². The molecule has 7 nitrogen and oxygen atoms in total. The minimum absolute atomic E-state index is 0.187. The molecular formula is C19H21Cl2N3O4S. The Kier molecular flexibility index (Phi) is 8.31. The van der Waals surface area contributed by atoms with Gasteiger partial charge in [-0.2, -0.15) is 5.10 Å². The second-order valence-corrected chi connectivity index (χ2v) is 8.89. The van der Waals surface area contributed by atoms with Crippen LogP contribution in [0.1, 0.15) is 18.9 Å². The van der Waals surface area contributed by atoms with E-state index in [-0.39, 0.29) is 15.7 Å². The van der Waals surface area contributed by atoms with E-state index in [0.29, 0.717) is 6.61 Å². The Morgan fingerprint density at radius 2 is 1.79 bits per heavy atom. The highest BCUT2D eigenvalue weighted by molar-refractivity contribution is 7.92. The molecule has 0 spiro atoms. The number of halogens is 2. The molecule has 0 aliphatic carbocycles. The zero-order valence-corrected chi connectivity index (χ0v) is 18.3. The summed E-state index contributed by atoms with van der Waals surface area (Å²) in [5.41, 5.74) is 3.24. The normalized spacial score (nSPS) is 11.4. The first-order valence-electron chi connectivity index (χ1n) is 8.67. The molecule has 1 amide bonds. The first-order valence-corrected chi connectivity index (χ1v) is 11.3. The van der Waals surface area contributed by atoms with Gasteiger partial charge in [0.1, 0.15) is 12.3 Å². The molecule has 0 aliphatic heterocycles. The predicted molar refractivity (Wildman–Crippen MR) is 117 cm³/mol. The number of nitrogens with zero attached hydrogens (tertiary/aromatic N) is 2. The highest BCUT2D eigenvalue weighted by Gasteiger charge is 2.21. The molecule has 0 unspecified atom stereocenters. The lowest BCUT2D eigenvalue weighted by atomic mass is 10.2. The van der Waals surface area contributed by atoms with Gasteiger partial charge in [-0.15, -0.1) is 0 Å². The Bertz CT molecular complexity index is 959. The van der Waals surface area contributed by atoms with E-state index < -0.39 is 22.5 Å². The SMILES string of the molecule is CCCOc1ccc(C=NNC(=O)CN(c2cc(Cl)cc(Cl)c2)S(C)(=O)=O)cc1. The lowest BCUT2D eigenvalue weighted by Crippen LogP contribution is -2.39. The van der Waals surface area contributed by atoms with Crippen LogP contribution in [-0.4, -0.2) is 39.9 Å². The van der Waals surface area contributed by atoms with E-state index in [1.807, 2.05) is 6.92 Å². The Hall–Kier alpha value is -2.29. The molecule has 156 valence electrons. The molecule has 29 heavy (non-hydrogen) atoms. The number of hydrogen-bond acceptors (Lipinski definition) is 5. The molecule has 2 aromatic carbocycles. The van der Waals surface area contributed by atoms with E-state index in [2.05, 4.69) is 10.5 Å². The summed E-state index contributed by atoms with van der Waals surface area (Å²) in [7, 11) is -3.75. The Morgan fingerprint density at radius 3 is 2.34 bits per heavy atom. The number of amides is 1. The van der Waals surface area contributed by atoms with E-state index in [9.17, 15) is 13.2 Å². The average molecular weight is 458 g/mol. The van der Waals surface area contributed by atoms with Crippen LogP contribution in [0.4, 0.5) is 5.69 Å². The summed E-state index contributed by atoms with van der Waals surface area (Å²) in [5.74, 6) is 0.127. The van der Waals surface area contributed by atoms with Gasteiger partial charge in [-0.3, -0.25) is 9.10 Å². The number of sulfonamides is 1. The molecule has 0 aromatic heterocycles. The van der Waals surface area contributed by atoms with Crippen LogP contribution in [0.3, 0.4) is 0 Å². The van der Waals surface area contributed by atoms with Gasteiger partial charge >= 0.3 is 0 Å². The van der Waals surface area contributed by atoms with Crippen molar-refractivity contribution in [1.29, 1.82) is 0 Å². The van der Waals surface area contributed by atoms with Crippen LogP contribution in [0.25, 0.3) is 0 Å². The van der Waals surface area contributed by atoms with E-state index in [0.717, 1.165) is 28.3 Å². The Balaban J connectivity index is 2.02. The van der Waals surface area contributed by atoms with Crippen molar-refractivity contribution in [3.8, 4) is 5.75 Å². The second-order valence-electron chi connectivity index (χ2n) is 6.11. The minimum Gasteiger partial charge on any atom is -0.494 e. The predicted octanol–water partition coefficient (Wildman–Crippen LogP) is 3.70. The topological polar surface area (TPSA) is 88.1 Å². The standard InChI is InChI=1S/C19H21Cl2N3O4S/c1-3-8-28-18-6-4-14(5-7-18)12-22-23-19(25)13-24(29(2,26)27)17-10-15(20)9-16(21)11-17/h4-7,9-12H,3,8,13H2,1-2H3,(H,23,25). The molecule has 0 aliphatic rings. The van der Waals surface area contributed by atoms with Crippen molar-refractivity contribution in [1.82, 2.24) is 5.43 Å². The van der Waals surface area contributed by atoms with Gasteiger partial charge in [0.2, 0.25) is 10.0 Å². The summed E-state index contributed by atoms with van der Waals surface area (Å²) in [6.07, 6.45) is 3.35. The van der Waals surface area contributed by atoms with E-state index >= 15 is 0 Å². The number of benzene rings is 2. The van der Waals surface area contributed by atoms with Crippen molar-refractivity contribution < 1.29 is 17.9 Å². The van der Waals surface area contributed by atoms with Gasteiger partial charge < -0.3 is 4.74 Å². The molecule has 1 N–H and O–H groups in total. The number of anilines is 1. The average Bonchev–Trinajstić information content (AvgIpc) is 2.63. The molecule has 10 heteroatoms. The molecule has 0 saturated heterocycles. The summed E-state index contributed by atoms with van der Waals surface area (Å²) in [6.45, 7) is 2.18. The molecule has 2 aromatic rings. The fourth-order valence-electron chi connectivity index (χ4n) is 2.30. The van der Waals surface area contributed by atoms with Crippen molar-refractivity contribution >= 4 is 51.0 Å². The lowest BCUT2D eigenvalue weighted by Gasteiger charge is -2.21. The van der Waals surface area contributed by atoms with E-state index in [4.69, 9.17) is 27.9 Å². The summed E-state index contributed by atoms with van der Waals surface area (Å²) in [5, 5.41) is 4.37. The van der Waals surface area contributed by atoms with Crippen LogP contribution < -0.4 is 14.5 Å². The molecule has 0 saturated carbocycles. The molecule has 2 rings (SSSR count). The van der Waals surface area contributed by atoms with Crippen LogP contribution in [0.15, 0.2) is 47.6 Å². The van der Waals surface area contributed by atoms with Gasteiger partial charge in [-0.05, 0) is 54.4 Å². The summed E-state index contributed by atoms with van der Waals surface area (Å²) < 4.78 is 30.6. The minimum atomic E-state index is -3.75. The van der Waals surface area contributed by atoms with Crippen LogP contribution >= 0.6 is 23.2 Å². The molecule has 0 fully saturated rings. The van der Waals surface area contributed by atoms with Crippen molar-refractivity contribution in [3.05, 3.63) is 58.1 Å². The van der Waals surface area contributed by atoms with Gasteiger partial charge in [0, 0.05) is 10.0 Å². The highest BCUT2D eigenvalue weighted by atomic mass is 35.5. The van der Waals surface area contributed by atoms with E-state index in [1.54, 1.807) is 24.3 Å². The summed E-state index contributed by atoms with van der Waals surface area (Å²) >= 11 is 11.9. The third-order valence-corrected chi connectivity index (χ3v) is 5.16. The van der Waals surface area contributed by atoms with Crippen molar-refractivity contribution in [2.75, 3.05) is 23.7 Å². The van der Waals surface area contributed by atoms with Gasteiger partial charge in [-0.25, -0.2) is 13.8 Å². The molecule has 0 radical (unpaired) electrons. The number of rotatable bonds is 9. The van der Waals surface area contributed by atoms with Crippen LogP contribution in [-0.2, 0) is 14.8 Å². The maximum absolute atomic E-state index is 12.2. The van der Waals surface area contributed by atoms with Crippen LogP contribution in [0, 0.1) is 0 Å². The van der Waals surface area contributed by atoms with Crippen molar-refractivity contribution in [2.45, 2.75) is 13.3 Å². The fraction of sp³-hybridized carbons (Fsp3) is 0.263. The summed E-state index contributed by atoms with van der Waals surface area (Å²) in [6, 6.07) is 11.5. The third-order valence-electron chi connectivity index (χ3n) is 3.58. The number of ether oxygens (including phenoxy) is 1. The largest absolute Gasteiger partial charge is 0.494 e. The number of carbonyl (C=O) groups excluding carboxylic acids is 1. The number of hydrogen-bond donors (Lipinski definition) is 1. The zero-order valence-electron chi connectivity index (χ0n) is 15.9. The van der Waals surface area contributed by atoms with Crippen LogP contribution in [0.2, 0.25) is 10.0 Å². The number of hydrazone groups is 1. The lowest BCUT2D eigenvalue weighted by molar-refractivity contribution is -0.119. The zero-order chi connectivity index (χ0) is 21.4. The first kappa shape index (κ1) is 23.0. The summed E-state index contributed by atoms with van der Waals surface area (Å²) in [4.78, 5) is 12.2. The van der Waals surface area contributed by atoms with E-state index in [1.165, 1.54) is 24.4 Å². The first-order chi connectivity index (χ1) is 13.7. The second kappa shape index (κ2) is 10.5. The smallest absolute Gasteiger partial charge is 0.260 e. The number of carbonyl (C=O) groups is 1. The molecule has 0 bridgehead atoms. The monoisotopic (exact) mass is 457 g/mol.